The maximum absolute atomic E-state index is 13.3. The number of benzene rings is 1. The summed E-state index contributed by atoms with van der Waals surface area (Å²) in [7, 11) is 1.29. The van der Waals surface area contributed by atoms with Crippen molar-refractivity contribution in [3.8, 4) is 0 Å². The zero-order chi connectivity index (χ0) is 12.0. The Hall–Kier alpha value is -1.35. The fourth-order valence-electron chi connectivity index (χ4n) is 1.19. The summed E-state index contributed by atoms with van der Waals surface area (Å²) >= 11 is 5.49. The Morgan fingerprint density at radius 2 is 2.31 bits per heavy atom. The van der Waals surface area contributed by atoms with Crippen molar-refractivity contribution < 1.29 is 13.9 Å². The summed E-state index contributed by atoms with van der Waals surface area (Å²) in [5.41, 5.74) is 0.683. The predicted molar refractivity (Wildman–Crippen MR) is 62.1 cm³/mol. The van der Waals surface area contributed by atoms with Gasteiger partial charge in [0.05, 0.1) is 12.7 Å². The van der Waals surface area contributed by atoms with Gasteiger partial charge in [0.2, 0.25) is 0 Å². The van der Waals surface area contributed by atoms with Crippen molar-refractivity contribution in [1.29, 1.82) is 0 Å². The third-order valence-corrected chi connectivity index (χ3v) is 2.21. The molecule has 16 heavy (non-hydrogen) atoms. The quantitative estimate of drug-likeness (QED) is 0.598. The van der Waals surface area contributed by atoms with Gasteiger partial charge < -0.3 is 4.74 Å². The average molecular weight is 243 g/mol. The molecule has 0 fully saturated rings. The summed E-state index contributed by atoms with van der Waals surface area (Å²) in [4.78, 5) is 11.2. The van der Waals surface area contributed by atoms with E-state index in [2.05, 4.69) is 4.74 Å². The number of hydrogen-bond acceptors (Lipinski definition) is 2. The van der Waals surface area contributed by atoms with Crippen LogP contribution in [-0.2, 0) is 4.74 Å². The lowest BCUT2D eigenvalue weighted by Gasteiger charge is -2.01. The van der Waals surface area contributed by atoms with Crippen LogP contribution in [0.5, 0.6) is 0 Å². The monoisotopic (exact) mass is 242 g/mol. The number of carbonyl (C=O) groups is 1. The minimum absolute atomic E-state index is 0.328. The molecule has 0 bridgehead atoms. The maximum atomic E-state index is 13.3. The topological polar surface area (TPSA) is 26.3 Å². The molecular weight excluding hydrogens is 231 g/mol. The van der Waals surface area contributed by atoms with E-state index in [0.29, 0.717) is 23.4 Å². The van der Waals surface area contributed by atoms with E-state index in [1.807, 2.05) is 0 Å². The Balaban J connectivity index is 2.94. The molecule has 86 valence electrons. The molecule has 0 aliphatic rings. The first-order valence-corrected chi connectivity index (χ1v) is 5.33. The summed E-state index contributed by atoms with van der Waals surface area (Å²) in [6, 6.07) is 4.08. The molecule has 1 rings (SSSR count). The smallest absolute Gasteiger partial charge is 0.337 e. The molecule has 2 nitrogen and oxygen atoms in total. The molecule has 0 aromatic heterocycles. The van der Waals surface area contributed by atoms with E-state index in [1.165, 1.54) is 25.3 Å². The molecule has 4 heteroatoms. The summed E-state index contributed by atoms with van der Waals surface area (Å²) in [5.74, 6) is -0.375. The second-order valence-electron chi connectivity index (χ2n) is 3.11. The molecule has 0 unspecified atom stereocenters. The van der Waals surface area contributed by atoms with Gasteiger partial charge in [-0.15, -0.1) is 11.6 Å². The number of carbonyl (C=O) groups excluding carboxylic acids is 1. The van der Waals surface area contributed by atoms with Crippen LogP contribution in [0.3, 0.4) is 0 Å². The molecule has 0 aliphatic carbocycles. The highest BCUT2D eigenvalue weighted by Gasteiger charge is 2.07. The molecule has 1 aromatic carbocycles. The van der Waals surface area contributed by atoms with Gasteiger partial charge in [0.1, 0.15) is 5.82 Å². The summed E-state index contributed by atoms with van der Waals surface area (Å²) < 4.78 is 17.9. The lowest BCUT2D eigenvalue weighted by molar-refractivity contribution is 0.0600. The fourth-order valence-corrected chi connectivity index (χ4v) is 1.32. The van der Waals surface area contributed by atoms with Gasteiger partial charge in [-0.3, -0.25) is 0 Å². The highest BCUT2D eigenvalue weighted by Crippen LogP contribution is 2.13. The van der Waals surface area contributed by atoms with Gasteiger partial charge >= 0.3 is 5.97 Å². The molecule has 0 amide bonds. The zero-order valence-corrected chi connectivity index (χ0v) is 9.63. The number of rotatable bonds is 4. The SMILES string of the molecule is COC(=O)c1ccc(F)c(C=CCCCl)c1. The van der Waals surface area contributed by atoms with Crippen LogP contribution < -0.4 is 0 Å². The highest BCUT2D eigenvalue weighted by molar-refractivity contribution is 6.17. The van der Waals surface area contributed by atoms with Gasteiger partial charge in [-0.2, -0.15) is 0 Å². The lowest BCUT2D eigenvalue weighted by Crippen LogP contribution is -2.01. The van der Waals surface area contributed by atoms with Crippen LogP contribution in [0.2, 0.25) is 0 Å². The van der Waals surface area contributed by atoms with Crippen molar-refractivity contribution in [3.05, 3.63) is 41.2 Å². The van der Waals surface area contributed by atoms with Gasteiger partial charge in [0.25, 0.3) is 0 Å². The van der Waals surface area contributed by atoms with E-state index in [0.717, 1.165) is 0 Å². The highest BCUT2D eigenvalue weighted by atomic mass is 35.5. The molecule has 0 spiro atoms. The minimum atomic E-state index is -0.480. The van der Waals surface area contributed by atoms with Gasteiger partial charge in [-0.05, 0) is 24.6 Å². The first-order valence-electron chi connectivity index (χ1n) is 4.79. The Bertz CT molecular complexity index is 402. The van der Waals surface area contributed by atoms with Gasteiger partial charge in [0, 0.05) is 11.4 Å². The van der Waals surface area contributed by atoms with Crippen molar-refractivity contribution in [2.45, 2.75) is 6.42 Å². The molecule has 0 radical (unpaired) electrons. The van der Waals surface area contributed by atoms with Crippen molar-refractivity contribution in [2.75, 3.05) is 13.0 Å². The summed E-state index contributed by atoms with van der Waals surface area (Å²) in [6.07, 6.45) is 4.01. The summed E-state index contributed by atoms with van der Waals surface area (Å²) in [5, 5.41) is 0. The molecule has 1 aromatic rings. The molecular formula is C12H12ClFO2. The minimum Gasteiger partial charge on any atom is -0.465 e. The van der Waals surface area contributed by atoms with Crippen molar-refractivity contribution in [2.24, 2.45) is 0 Å². The number of alkyl halides is 1. The number of hydrogen-bond donors (Lipinski definition) is 0. The number of allylic oxidation sites excluding steroid dienone is 1. The second kappa shape index (κ2) is 6.28. The van der Waals surface area contributed by atoms with E-state index in [1.54, 1.807) is 12.2 Å². The summed E-state index contributed by atoms with van der Waals surface area (Å²) in [6.45, 7) is 0. The number of ether oxygens (including phenoxy) is 1. The Morgan fingerprint density at radius 1 is 1.56 bits per heavy atom. The van der Waals surface area contributed by atoms with Crippen molar-refractivity contribution in [3.63, 3.8) is 0 Å². The molecule has 0 heterocycles. The molecule has 0 saturated heterocycles. The number of methoxy groups -OCH3 is 1. The van der Waals surface area contributed by atoms with Gasteiger partial charge in [-0.1, -0.05) is 12.2 Å². The second-order valence-corrected chi connectivity index (χ2v) is 3.49. The normalized spacial score (nSPS) is 10.7. The zero-order valence-electron chi connectivity index (χ0n) is 8.87. The average Bonchev–Trinajstić information content (AvgIpc) is 2.31. The molecule has 0 N–H and O–H groups in total. The molecule has 0 aliphatic heterocycles. The fraction of sp³-hybridized carbons (Fsp3) is 0.250. The van der Waals surface area contributed by atoms with E-state index in [-0.39, 0.29) is 5.82 Å². The van der Waals surface area contributed by atoms with E-state index in [9.17, 15) is 9.18 Å². The Kier molecular flexibility index (Phi) is 4.99. The van der Waals surface area contributed by atoms with E-state index < -0.39 is 5.97 Å². The van der Waals surface area contributed by atoms with Gasteiger partial charge in [0.15, 0.2) is 0 Å². The molecule has 0 atom stereocenters. The van der Waals surface area contributed by atoms with Crippen LogP contribution in [0.25, 0.3) is 6.08 Å². The van der Waals surface area contributed by atoms with Crippen molar-refractivity contribution >= 4 is 23.6 Å². The lowest BCUT2D eigenvalue weighted by atomic mass is 10.1. The first-order chi connectivity index (χ1) is 7.69. The largest absolute Gasteiger partial charge is 0.465 e. The van der Waals surface area contributed by atoms with Crippen LogP contribution in [-0.4, -0.2) is 19.0 Å². The van der Waals surface area contributed by atoms with E-state index >= 15 is 0 Å². The van der Waals surface area contributed by atoms with Crippen LogP contribution in [0.15, 0.2) is 24.3 Å². The predicted octanol–water partition coefficient (Wildman–Crippen LogP) is 3.25. The number of halogens is 2. The third kappa shape index (κ3) is 3.35. The third-order valence-electron chi connectivity index (χ3n) is 1.99. The molecule has 0 saturated carbocycles. The first kappa shape index (κ1) is 12.7. The van der Waals surface area contributed by atoms with Crippen LogP contribution in [0, 0.1) is 5.82 Å². The Morgan fingerprint density at radius 3 is 2.94 bits per heavy atom. The number of esters is 1. The van der Waals surface area contributed by atoms with E-state index in [4.69, 9.17) is 11.6 Å². The Labute approximate surface area is 98.7 Å². The van der Waals surface area contributed by atoms with Crippen molar-refractivity contribution in [1.82, 2.24) is 0 Å². The van der Waals surface area contributed by atoms with Crippen LogP contribution >= 0.6 is 11.6 Å². The maximum Gasteiger partial charge on any atom is 0.337 e. The van der Waals surface area contributed by atoms with Crippen LogP contribution in [0.4, 0.5) is 4.39 Å². The van der Waals surface area contributed by atoms with Crippen LogP contribution in [0.1, 0.15) is 22.3 Å². The van der Waals surface area contributed by atoms with Gasteiger partial charge in [-0.25, -0.2) is 9.18 Å². The standard InChI is InChI=1S/C12H12ClFO2/c1-16-12(15)10-5-6-11(14)9(8-10)4-2-3-7-13/h2,4-6,8H,3,7H2,1H3.